The van der Waals surface area contributed by atoms with Gasteiger partial charge in [-0.15, -0.1) is 0 Å². The number of hydrogen-bond acceptors (Lipinski definition) is 2. The molecule has 2 N–H and O–H groups in total. The first-order valence-corrected chi connectivity index (χ1v) is 7.59. The summed E-state index contributed by atoms with van der Waals surface area (Å²) in [6, 6.07) is 3.90. The highest BCUT2D eigenvalue weighted by molar-refractivity contribution is 5.55. The van der Waals surface area contributed by atoms with Crippen molar-refractivity contribution in [1.29, 1.82) is 0 Å². The molecular weight excluding hydrogens is 277 g/mol. The van der Waals surface area contributed by atoms with Crippen LogP contribution >= 0.6 is 0 Å². The number of unbranched alkanes of at least 4 members (excludes halogenated alkanes) is 2. The van der Waals surface area contributed by atoms with E-state index in [0.717, 1.165) is 50.5 Å². The molecule has 2 nitrogen and oxygen atoms in total. The number of nitrogens with zero attached hydrogens (tertiary/aromatic N) is 1. The summed E-state index contributed by atoms with van der Waals surface area (Å²) in [7, 11) is 0. The summed E-state index contributed by atoms with van der Waals surface area (Å²) in [6.07, 6.45) is -0.161. The summed E-state index contributed by atoms with van der Waals surface area (Å²) in [4.78, 5) is 2.16. The monoisotopic (exact) mass is 302 g/mol. The summed E-state index contributed by atoms with van der Waals surface area (Å²) in [5, 5.41) is 0. The second-order valence-electron chi connectivity index (χ2n) is 5.24. The summed E-state index contributed by atoms with van der Waals surface area (Å²) in [5.74, 6) is 0. The molecule has 0 amide bonds. The molecule has 0 atom stereocenters. The molecule has 0 saturated heterocycles. The van der Waals surface area contributed by atoms with E-state index in [9.17, 15) is 13.2 Å². The minimum Gasteiger partial charge on any atom is -0.371 e. The summed E-state index contributed by atoms with van der Waals surface area (Å²) < 4.78 is 38.4. The minimum atomic E-state index is -4.32. The van der Waals surface area contributed by atoms with Gasteiger partial charge in [0.05, 0.1) is 5.56 Å². The first kappa shape index (κ1) is 17.8. The maximum absolute atomic E-state index is 12.8. The molecule has 0 aromatic heterocycles. The molecule has 0 radical (unpaired) electrons. The number of benzene rings is 1. The van der Waals surface area contributed by atoms with E-state index < -0.39 is 11.7 Å². The van der Waals surface area contributed by atoms with Crippen LogP contribution < -0.4 is 10.6 Å². The molecule has 0 fully saturated rings. The Labute approximate surface area is 125 Å². The van der Waals surface area contributed by atoms with Gasteiger partial charge in [-0.2, -0.15) is 13.2 Å². The molecule has 1 aromatic carbocycles. The molecule has 0 heterocycles. The van der Waals surface area contributed by atoms with Crippen LogP contribution in [0, 0.1) is 0 Å². The Bertz CT molecular complexity index is 422. The topological polar surface area (TPSA) is 29.3 Å². The third-order valence-corrected chi connectivity index (χ3v) is 3.53. The number of hydrogen-bond donors (Lipinski definition) is 1. The number of rotatable bonds is 8. The van der Waals surface area contributed by atoms with Gasteiger partial charge in [0.2, 0.25) is 0 Å². The normalized spacial score (nSPS) is 11.7. The molecule has 0 aliphatic carbocycles. The average Bonchev–Trinajstić information content (AvgIpc) is 2.46. The molecule has 5 heteroatoms. The zero-order valence-electron chi connectivity index (χ0n) is 12.8. The van der Waals surface area contributed by atoms with Crippen LogP contribution in [0.2, 0.25) is 0 Å². The fraction of sp³-hybridized carbons (Fsp3) is 0.625. The lowest BCUT2D eigenvalue weighted by atomic mass is 10.1. The molecule has 1 aromatic rings. The number of nitrogens with two attached hydrogens (primary N) is 1. The van der Waals surface area contributed by atoms with Gasteiger partial charge in [0.1, 0.15) is 0 Å². The maximum atomic E-state index is 12.8. The summed E-state index contributed by atoms with van der Waals surface area (Å²) >= 11 is 0. The number of anilines is 1. The van der Waals surface area contributed by atoms with Gasteiger partial charge in [-0.3, -0.25) is 0 Å². The second kappa shape index (κ2) is 8.27. The molecule has 0 unspecified atom stereocenters. The van der Waals surface area contributed by atoms with Crippen molar-refractivity contribution in [3.05, 3.63) is 29.3 Å². The van der Waals surface area contributed by atoms with Gasteiger partial charge < -0.3 is 10.6 Å². The van der Waals surface area contributed by atoms with Crippen LogP contribution in [0.4, 0.5) is 18.9 Å². The quantitative estimate of drug-likeness (QED) is 0.762. The minimum absolute atomic E-state index is 0.119. The third-order valence-electron chi connectivity index (χ3n) is 3.53. The van der Waals surface area contributed by atoms with Gasteiger partial charge in [-0.05, 0) is 36.6 Å². The fourth-order valence-corrected chi connectivity index (χ4v) is 2.28. The van der Waals surface area contributed by atoms with Crippen molar-refractivity contribution in [3.8, 4) is 0 Å². The van der Waals surface area contributed by atoms with Gasteiger partial charge in [-0.1, -0.05) is 26.7 Å². The van der Waals surface area contributed by atoms with E-state index in [4.69, 9.17) is 5.73 Å². The van der Waals surface area contributed by atoms with Crippen LogP contribution in [0.1, 0.15) is 50.7 Å². The van der Waals surface area contributed by atoms with Gasteiger partial charge in [0.25, 0.3) is 0 Å². The van der Waals surface area contributed by atoms with E-state index in [0.29, 0.717) is 5.56 Å². The van der Waals surface area contributed by atoms with Crippen LogP contribution in [-0.2, 0) is 12.7 Å². The lowest BCUT2D eigenvalue weighted by molar-refractivity contribution is -0.137. The highest BCUT2D eigenvalue weighted by atomic mass is 19.4. The van der Waals surface area contributed by atoms with Crippen molar-refractivity contribution < 1.29 is 13.2 Å². The van der Waals surface area contributed by atoms with Crippen molar-refractivity contribution in [2.45, 2.75) is 52.3 Å². The Morgan fingerprint density at radius 1 is 1.05 bits per heavy atom. The molecule has 0 bridgehead atoms. The lowest BCUT2D eigenvalue weighted by Gasteiger charge is -2.27. The molecule has 21 heavy (non-hydrogen) atoms. The summed E-state index contributed by atoms with van der Waals surface area (Å²) in [5.41, 5.74) is 6.44. The van der Waals surface area contributed by atoms with Gasteiger partial charge in [-0.25, -0.2) is 0 Å². The Balaban J connectivity index is 3.05. The smallest absolute Gasteiger partial charge is 0.371 e. The van der Waals surface area contributed by atoms with Crippen molar-refractivity contribution in [3.63, 3.8) is 0 Å². The van der Waals surface area contributed by atoms with E-state index in [1.807, 2.05) is 0 Å². The van der Waals surface area contributed by atoms with Crippen LogP contribution in [0.5, 0.6) is 0 Å². The predicted molar refractivity (Wildman–Crippen MR) is 81.4 cm³/mol. The first-order valence-electron chi connectivity index (χ1n) is 7.59. The van der Waals surface area contributed by atoms with Crippen molar-refractivity contribution in [2.75, 3.05) is 18.0 Å². The zero-order valence-corrected chi connectivity index (χ0v) is 12.8. The predicted octanol–water partition coefficient (Wildman–Crippen LogP) is 4.57. The molecular formula is C16H25F3N2. The van der Waals surface area contributed by atoms with Gasteiger partial charge in [0.15, 0.2) is 0 Å². The van der Waals surface area contributed by atoms with Crippen molar-refractivity contribution in [2.24, 2.45) is 5.73 Å². The van der Waals surface area contributed by atoms with Crippen molar-refractivity contribution in [1.82, 2.24) is 0 Å². The standard InChI is InChI=1S/C16H25F3N2/c1-3-5-9-21(10-6-4-2)15-8-7-14(16(17,18)19)11-13(15)12-20/h7-8,11H,3-6,9-10,12,20H2,1-2H3. The molecule has 0 aliphatic heterocycles. The Hall–Kier alpha value is -1.23. The van der Waals surface area contributed by atoms with Gasteiger partial charge in [0, 0.05) is 25.3 Å². The van der Waals surface area contributed by atoms with E-state index in [-0.39, 0.29) is 6.54 Å². The molecule has 0 spiro atoms. The molecule has 1 rings (SSSR count). The fourth-order valence-electron chi connectivity index (χ4n) is 2.28. The average molecular weight is 302 g/mol. The largest absolute Gasteiger partial charge is 0.416 e. The Kier molecular flexibility index (Phi) is 7.02. The zero-order chi connectivity index (χ0) is 15.9. The van der Waals surface area contributed by atoms with E-state index in [1.165, 1.54) is 6.07 Å². The highest BCUT2D eigenvalue weighted by Crippen LogP contribution is 2.33. The van der Waals surface area contributed by atoms with Crippen LogP contribution in [0.25, 0.3) is 0 Å². The van der Waals surface area contributed by atoms with Crippen LogP contribution in [0.3, 0.4) is 0 Å². The molecule has 0 saturated carbocycles. The Morgan fingerprint density at radius 3 is 2.05 bits per heavy atom. The number of halogens is 3. The molecule has 0 aliphatic rings. The van der Waals surface area contributed by atoms with Gasteiger partial charge >= 0.3 is 6.18 Å². The third kappa shape index (κ3) is 5.23. The first-order chi connectivity index (χ1) is 9.93. The van der Waals surface area contributed by atoms with E-state index in [2.05, 4.69) is 18.7 Å². The van der Waals surface area contributed by atoms with Crippen LogP contribution in [0.15, 0.2) is 18.2 Å². The molecule has 120 valence electrons. The summed E-state index contributed by atoms with van der Waals surface area (Å²) in [6.45, 7) is 6.04. The van der Waals surface area contributed by atoms with E-state index >= 15 is 0 Å². The Morgan fingerprint density at radius 2 is 1.62 bits per heavy atom. The SMILES string of the molecule is CCCCN(CCCC)c1ccc(C(F)(F)F)cc1CN. The van der Waals surface area contributed by atoms with E-state index in [1.54, 1.807) is 6.07 Å². The van der Waals surface area contributed by atoms with Crippen LogP contribution in [-0.4, -0.2) is 13.1 Å². The van der Waals surface area contributed by atoms with Crippen molar-refractivity contribution >= 4 is 5.69 Å². The second-order valence-corrected chi connectivity index (χ2v) is 5.24. The lowest BCUT2D eigenvalue weighted by Crippen LogP contribution is -2.27. The highest BCUT2D eigenvalue weighted by Gasteiger charge is 2.31. The number of alkyl halides is 3. The maximum Gasteiger partial charge on any atom is 0.416 e.